The van der Waals surface area contributed by atoms with Gasteiger partial charge >= 0.3 is 0 Å². The minimum Gasteiger partial charge on any atom is -0.424 e. The lowest BCUT2D eigenvalue weighted by atomic mass is 10.1. The number of anilines is 1. The van der Waals surface area contributed by atoms with Gasteiger partial charge in [-0.2, -0.15) is 16.7 Å². The van der Waals surface area contributed by atoms with Crippen LogP contribution in [0.2, 0.25) is 0 Å². The van der Waals surface area contributed by atoms with Crippen molar-refractivity contribution in [3.8, 4) is 0 Å². The van der Waals surface area contributed by atoms with E-state index in [1.807, 2.05) is 13.0 Å². The van der Waals surface area contributed by atoms with Gasteiger partial charge in [0.1, 0.15) is 11.2 Å². The van der Waals surface area contributed by atoms with Gasteiger partial charge in [-0.25, -0.2) is 4.98 Å². The number of aromatic nitrogens is 3. The molecule has 1 N–H and O–H groups in total. The summed E-state index contributed by atoms with van der Waals surface area (Å²) in [7, 11) is 0. The highest BCUT2D eigenvalue weighted by Gasteiger charge is 2.18. The molecule has 0 saturated carbocycles. The zero-order chi connectivity index (χ0) is 17.4. The molecule has 0 aliphatic rings. The van der Waals surface area contributed by atoms with Crippen LogP contribution in [0.15, 0.2) is 47.1 Å². The average Bonchev–Trinajstić information content (AvgIpc) is 3.18. The van der Waals surface area contributed by atoms with Crippen molar-refractivity contribution in [1.29, 1.82) is 0 Å². The minimum atomic E-state index is 0.156. The predicted molar refractivity (Wildman–Crippen MR) is 103 cm³/mol. The Morgan fingerprint density at radius 1 is 1.24 bits per heavy atom. The summed E-state index contributed by atoms with van der Waals surface area (Å²) in [6.45, 7) is 4.89. The molecule has 5 nitrogen and oxygen atoms in total. The van der Waals surface area contributed by atoms with Crippen LogP contribution in [-0.2, 0) is 0 Å². The van der Waals surface area contributed by atoms with E-state index in [2.05, 4.69) is 64.5 Å². The van der Waals surface area contributed by atoms with E-state index in [0.29, 0.717) is 6.01 Å². The van der Waals surface area contributed by atoms with E-state index in [0.717, 1.165) is 29.0 Å². The fourth-order valence-corrected chi connectivity index (χ4v) is 3.77. The molecule has 1 atom stereocenters. The molecule has 3 heterocycles. The molecule has 0 aliphatic heterocycles. The minimum absolute atomic E-state index is 0.156. The summed E-state index contributed by atoms with van der Waals surface area (Å²) in [4.78, 5) is 9.34. The van der Waals surface area contributed by atoms with Crippen LogP contribution >= 0.6 is 11.8 Å². The molecule has 3 aromatic heterocycles. The quantitative estimate of drug-likeness (QED) is 0.566. The fraction of sp³-hybridized carbons (Fsp3) is 0.263. The first-order valence-corrected chi connectivity index (χ1v) is 9.59. The lowest BCUT2D eigenvalue weighted by Crippen LogP contribution is -1.97. The number of oxazole rings is 1. The largest absolute Gasteiger partial charge is 0.424 e. The van der Waals surface area contributed by atoms with E-state index in [1.54, 1.807) is 11.8 Å². The smallest absolute Gasteiger partial charge is 0.295 e. The molecule has 0 bridgehead atoms. The van der Waals surface area contributed by atoms with Crippen LogP contribution in [0.25, 0.3) is 16.7 Å². The second-order valence-electron chi connectivity index (χ2n) is 6.03. The lowest BCUT2D eigenvalue weighted by Gasteiger charge is -2.11. The van der Waals surface area contributed by atoms with Gasteiger partial charge < -0.3 is 14.1 Å². The number of nitrogens with zero attached hydrogens (tertiary/aromatic N) is 3. The molecule has 1 aromatic carbocycles. The number of fused-ring (bicyclic) bond motifs is 2. The fourth-order valence-electron chi connectivity index (χ4n) is 2.99. The Hall–Kier alpha value is -2.47. The SMILES string of the molecule is CCNc1nc2cc(C(SC)c3cn4ccc(C)cc4n3)ccc2o1. The number of pyridine rings is 1. The molecule has 4 rings (SSSR count). The first-order chi connectivity index (χ1) is 12.2. The summed E-state index contributed by atoms with van der Waals surface area (Å²) in [5, 5.41) is 3.27. The summed E-state index contributed by atoms with van der Waals surface area (Å²) in [5.41, 5.74) is 6.08. The van der Waals surface area contributed by atoms with Crippen LogP contribution in [0.5, 0.6) is 0 Å². The van der Waals surface area contributed by atoms with Gasteiger partial charge in [0.15, 0.2) is 5.58 Å². The predicted octanol–water partition coefficient (Wildman–Crippen LogP) is 4.67. The summed E-state index contributed by atoms with van der Waals surface area (Å²) < 4.78 is 7.77. The van der Waals surface area contributed by atoms with E-state index in [-0.39, 0.29) is 5.25 Å². The lowest BCUT2D eigenvalue weighted by molar-refractivity contribution is 0.616. The van der Waals surface area contributed by atoms with Crippen molar-refractivity contribution in [2.24, 2.45) is 0 Å². The van der Waals surface area contributed by atoms with E-state index >= 15 is 0 Å². The molecule has 25 heavy (non-hydrogen) atoms. The molecule has 0 amide bonds. The molecule has 4 aromatic rings. The van der Waals surface area contributed by atoms with Crippen LogP contribution in [-0.4, -0.2) is 27.2 Å². The Labute approximate surface area is 150 Å². The molecular weight excluding hydrogens is 332 g/mol. The highest BCUT2D eigenvalue weighted by Crippen LogP contribution is 2.35. The Kier molecular flexibility index (Phi) is 4.13. The van der Waals surface area contributed by atoms with Crippen molar-refractivity contribution in [3.63, 3.8) is 0 Å². The first-order valence-electron chi connectivity index (χ1n) is 8.30. The number of hydrogen-bond donors (Lipinski definition) is 1. The second kappa shape index (κ2) is 6.44. The topological polar surface area (TPSA) is 55.4 Å². The Morgan fingerprint density at radius 2 is 2.12 bits per heavy atom. The van der Waals surface area contributed by atoms with E-state index < -0.39 is 0 Å². The number of rotatable bonds is 5. The van der Waals surface area contributed by atoms with Crippen molar-refractivity contribution in [1.82, 2.24) is 14.4 Å². The maximum atomic E-state index is 5.69. The van der Waals surface area contributed by atoms with Crippen LogP contribution in [0, 0.1) is 6.92 Å². The normalized spacial score (nSPS) is 12.8. The van der Waals surface area contributed by atoms with Crippen LogP contribution in [0.3, 0.4) is 0 Å². The average molecular weight is 352 g/mol. The Morgan fingerprint density at radius 3 is 2.92 bits per heavy atom. The molecular formula is C19H20N4OS. The number of nitrogens with one attached hydrogen (secondary N) is 1. The molecule has 0 spiro atoms. The van der Waals surface area contributed by atoms with Gasteiger partial charge in [0.05, 0.1) is 10.9 Å². The number of hydrogen-bond acceptors (Lipinski definition) is 5. The van der Waals surface area contributed by atoms with Gasteiger partial charge in [0.2, 0.25) is 0 Å². The van der Waals surface area contributed by atoms with Crippen LogP contribution in [0.1, 0.15) is 29.0 Å². The Bertz CT molecular complexity index is 1040. The third kappa shape index (κ3) is 2.98. The zero-order valence-electron chi connectivity index (χ0n) is 14.5. The summed E-state index contributed by atoms with van der Waals surface area (Å²) in [5.74, 6) is 0. The second-order valence-corrected chi connectivity index (χ2v) is 6.97. The third-order valence-electron chi connectivity index (χ3n) is 4.18. The molecule has 0 saturated heterocycles. The van der Waals surface area contributed by atoms with E-state index in [9.17, 15) is 0 Å². The summed E-state index contributed by atoms with van der Waals surface area (Å²) in [6.07, 6.45) is 6.27. The number of imidazole rings is 1. The van der Waals surface area contributed by atoms with Gasteiger partial charge in [-0.3, -0.25) is 0 Å². The van der Waals surface area contributed by atoms with Crippen molar-refractivity contribution in [3.05, 3.63) is 59.5 Å². The first kappa shape index (κ1) is 16.0. The van der Waals surface area contributed by atoms with Crippen LogP contribution < -0.4 is 5.32 Å². The van der Waals surface area contributed by atoms with Gasteiger partial charge in [-0.1, -0.05) is 6.07 Å². The number of aryl methyl sites for hydroxylation is 1. The van der Waals surface area contributed by atoms with Gasteiger partial charge in [-0.15, -0.1) is 0 Å². The number of benzene rings is 1. The van der Waals surface area contributed by atoms with Crippen molar-refractivity contribution in [2.75, 3.05) is 18.1 Å². The molecule has 1 unspecified atom stereocenters. The maximum absolute atomic E-state index is 5.69. The Balaban J connectivity index is 1.74. The molecule has 0 fully saturated rings. The monoisotopic (exact) mass is 352 g/mol. The highest BCUT2D eigenvalue weighted by molar-refractivity contribution is 7.99. The molecule has 6 heteroatoms. The molecule has 0 aliphatic carbocycles. The third-order valence-corrected chi connectivity index (χ3v) is 5.17. The molecule has 0 radical (unpaired) electrons. The van der Waals surface area contributed by atoms with Crippen molar-refractivity contribution < 1.29 is 4.42 Å². The highest BCUT2D eigenvalue weighted by atomic mass is 32.2. The van der Waals surface area contributed by atoms with E-state index in [4.69, 9.17) is 9.40 Å². The van der Waals surface area contributed by atoms with Crippen molar-refractivity contribution >= 4 is 34.5 Å². The molecule has 128 valence electrons. The van der Waals surface area contributed by atoms with Crippen molar-refractivity contribution in [2.45, 2.75) is 19.1 Å². The maximum Gasteiger partial charge on any atom is 0.295 e. The van der Waals surface area contributed by atoms with Gasteiger partial charge in [0.25, 0.3) is 6.01 Å². The van der Waals surface area contributed by atoms with Crippen LogP contribution in [0.4, 0.5) is 6.01 Å². The summed E-state index contributed by atoms with van der Waals surface area (Å²) in [6, 6.07) is 10.9. The summed E-state index contributed by atoms with van der Waals surface area (Å²) >= 11 is 1.77. The van der Waals surface area contributed by atoms with Gasteiger partial charge in [0, 0.05) is 18.9 Å². The standard InChI is InChI=1S/C19H20N4OS/c1-4-20-19-22-14-10-13(5-6-16(14)24-19)18(25-3)15-11-23-8-7-12(2)9-17(23)21-15/h5-11,18H,4H2,1-3H3,(H,20,22). The number of thioether (sulfide) groups is 1. The van der Waals surface area contributed by atoms with E-state index in [1.165, 1.54) is 11.1 Å². The zero-order valence-corrected chi connectivity index (χ0v) is 15.3. The van der Waals surface area contributed by atoms with Gasteiger partial charge in [-0.05, 0) is 55.5 Å².